The number of halogens is 1. The van der Waals surface area contributed by atoms with Gasteiger partial charge >= 0.3 is 0 Å². The van der Waals surface area contributed by atoms with Crippen molar-refractivity contribution in [1.29, 1.82) is 0 Å². The Balaban J connectivity index is 2.20. The third kappa shape index (κ3) is 3.38. The zero-order valence-electron chi connectivity index (χ0n) is 14.7. The van der Waals surface area contributed by atoms with E-state index < -0.39 is 0 Å². The maximum Gasteiger partial charge on any atom is 0.272 e. The van der Waals surface area contributed by atoms with Crippen molar-refractivity contribution >= 4 is 28.3 Å². The molecule has 0 bridgehead atoms. The Bertz CT molecular complexity index is 923. The van der Waals surface area contributed by atoms with Gasteiger partial charge in [-0.25, -0.2) is 4.98 Å². The van der Waals surface area contributed by atoms with Crippen LogP contribution in [0.15, 0.2) is 54.6 Å². The lowest BCUT2D eigenvalue weighted by atomic mass is 10.0. The van der Waals surface area contributed by atoms with E-state index >= 15 is 0 Å². The summed E-state index contributed by atoms with van der Waals surface area (Å²) in [5.41, 5.74) is 2.02. The molecule has 0 saturated carbocycles. The summed E-state index contributed by atoms with van der Waals surface area (Å²) in [6.45, 7) is 4.10. The van der Waals surface area contributed by atoms with Crippen LogP contribution >= 0.6 is 11.6 Å². The molecule has 128 valence electrons. The lowest BCUT2D eigenvalue weighted by Gasteiger charge is -2.24. The minimum absolute atomic E-state index is 0.0755. The van der Waals surface area contributed by atoms with Gasteiger partial charge in [-0.2, -0.15) is 0 Å². The number of fused-ring (bicyclic) bond motifs is 1. The first-order valence-corrected chi connectivity index (χ1v) is 8.82. The van der Waals surface area contributed by atoms with E-state index in [-0.39, 0.29) is 11.9 Å². The second-order valence-corrected chi connectivity index (χ2v) is 6.64. The molecule has 3 rings (SSSR count). The Kier molecular flexibility index (Phi) is 5.05. The molecule has 0 unspecified atom stereocenters. The average Bonchev–Trinajstić information content (AvgIpc) is 2.65. The standard InChI is InChI=1S/C21H21ClN2O/c1-4-14(2)24(3)21(25)19-13-15-9-5-6-10-16(15)20(23-19)17-11-7-8-12-18(17)22/h5-14H,4H2,1-3H3/t14-/m0/s1/i3-1. The van der Waals surface area contributed by atoms with Gasteiger partial charge in [0, 0.05) is 29.1 Å². The molecule has 1 atom stereocenters. The normalized spacial score (nSPS) is 12.2. The first-order valence-electron chi connectivity index (χ1n) is 8.44. The smallest absolute Gasteiger partial charge is 0.272 e. The van der Waals surface area contributed by atoms with Crippen LogP contribution in [0.1, 0.15) is 30.8 Å². The predicted molar refractivity (Wildman–Crippen MR) is 104 cm³/mol. The van der Waals surface area contributed by atoms with E-state index in [0.29, 0.717) is 10.7 Å². The number of nitrogens with zero attached hydrogens (tertiary/aromatic N) is 2. The molecular weight excluding hydrogens is 331 g/mol. The molecule has 3 nitrogen and oxygen atoms in total. The van der Waals surface area contributed by atoms with Crippen molar-refractivity contribution in [3.8, 4) is 11.3 Å². The van der Waals surface area contributed by atoms with Gasteiger partial charge in [0.2, 0.25) is 0 Å². The highest BCUT2D eigenvalue weighted by atomic mass is 35.5. The molecule has 0 spiro atoms. The molecule has 0 aliphatic rings. The first-order chi connectivity index (χ1) is 12.0. The first kappa shape index (κ1) is 17.4. The molecule has 0 aliphatic heterocycles. The fraction of sp³-hybridized carbons (Fsp3) is 0.238. The Labute approximate surface area is 153 Å². The van der Waals surface area contributed by atoms with Gasteiger partial charge in [0.25, 0.3) is 5.91 Å². The monoisotopic (exact) mass is 351 g/mol. The molecule has 4 heteroatoms. The zero-order chi connectivity index (χ0) is 18.0. The fourth-order valence-electron chi connectivity index (χ4n) is 2.82. The highest BCUT2D eigenvalue weighted by Gasteiger charge is 2.20. The Hall–Kier alpha value is -2.39. The van der Waals surface area contributed by atoms with Crippen LogP contribution in [0.5, 0.6) is 0 Å². The van der Waals surface area contributed by atoms with E-state index in [2.05, 4.69) is 6.92 Å². The summed E-state index contributed by atoms with van der Waals surface area (Å²) in [6, 6.07) is 17.5. The molecule has 0 radical (unpaired) electrons. The highest BCUT2D eigenvalue weighted by Crippen LogP contribution is 2.32. The lowest BCUT2D eigenvalue weighted by molar-refractivity contribution is 0.0735. The second kappa shape index (κ2) is 7.24. The number of hydrogen-bond donors (Lipinski definition) is 0. The average molecular weight is 352 g/mol. The Morgan fingerprint density at radius 1 is 1.16 bits per heavy atom. The topological polar surface area (TPSA) is 33.2 Å². The summed E-state index contributed by atoms with van der Waals surface area (Å²) in [4.78, 5) is 19.3. The summed E-state index contributed by atoms with van der Waals surface area (Å²) in [5.74, 6) is -0.0755. The van der Waals surface area contributed by atoms with Crippen LogP contribution in [-0.2, 0) is 0 Å². The van der Waals surface area contributed by atoms with Crippen LogP contribution in [0.4, 0.5) is 0 Å². The van der Waals surface area contributed by atoms with E-state index in [0.717, 1.165) is 28.5 Å². The molecule has 1 heterocycles. The minimum atomic E-state index is -0.0755. The van der Waals surface area contributed by atoms with E-state index in [9.17, 15) is 4.79 Å². The van der Waals surface area contributed by atoms with Gasteiger partial charge in [0.15, 0.2) is 0 Å². The molecule has 3 aromatic rings. The predicted octanol–water partition coefficient (Wildman–Crippen LogP) is 5.43. The van der Waals surface area contributed by atoms with Crippen LogP contribution in [0.25, 0.3) is 22.0 Å². The molecule has 1 aromatic heterocycles. The number of aromatic nitrogens is 1. The van der Waals surface area contributed by atoms with E-state index in [1.807, 2.05) is 68.6 Å². The molecule has 1 amide bonds. The van der Waals surface area contributed by atoms with Gasteiger partial charge in [0.05, 0.1) is 5.69 Å². The third-order valence-electron chi connectivity index (χ3n) is 4.66. The number of benzene rings is 2. The maximum absolute atomic E-state index is 12.9. The van der Waals surface area contributed by atoms with Crippen LogP contribution < -0.4 is 0 Å². The van der Waals surface area contributed by atoms with E-state index in [1.165, 1.54) is 0 Å². The second-order valence-electron chi connectivity index (χ2n) is 6.23. The van der Waals surface area contributed by atoms with Crippen LogP contribution in [0.2, 0.25) is 5.02 Å². The van der Waals surface area contributed by atoms with Gasteiger partial charge in [-0.1, -0.05) is 61.0 Å². The SMILES string of the molecule is CC[C@H](C)N([11CH3])C(=O)c1cc2ccccc2c(-c2ccccc2Cl)n1. The number of hydrogen-bond acceptors (Lipinski definition) is 2. The Morgan fingerprint density at radius 2 is 1.84 bits per heavy atom. The van der Waals surface area contributed by atoms with Gasteiger partial charge in [0.1, 0.15) is 5.69 Å². The van der Waals surface area contributed by atoms with Gasteiger partial charge < -0.3 is 4.90 Å². The summed E-state index contributed by atoms with van der Waals surface area (Å²) < 4.78 is 0. The van der Waals surface area contributed by atoms with Crippen LogP contribution in [0.3, 0.4) is 0 Å². The molecule has 0 aliphatic carbocycles. The van der Waals surface area contributed by atoms with Gasteiger partial charge in [-0.3, -0.25) is 4.79 Å². The molecule has 0 N–H and O–H groups in total. The number of carbonyl (C=O) groups is 1. The van der Waals surface area contributed by atoms with Crippen LogP contribution in [0, 0.1) is 0 Å². The number of pyridine rings is 1. The largest absolute Gasteiger partial charge is 0.338 e. The number of amides is 1. The van der Waals surface area contributed by atoms with Crippen molar-refractivity contribution in [2.75, 3.05) is 7.05 Å². The quantitative estimate of drug-likeness (QED) is 0.628. The Morgan fingerprint density at radius 3 is 2.56 bits per heavy atom. The lowest BCUT2D eigenvalue weighted by Crippen LogP contribution is -2.35. The summed E-state index contributed by atoms with van der Waals surface area (Å²) in [7, 11) is 1.82. The van der Waals surface area contributed by atoms with Crippen molar-refractivity contribution < 1.29 is 4.79 Å². The molecule has 25 heavy (non-hydrogen) atoms. The molecule has 2 aromatic carbocycles. The summed E-state index contributed by atoms with van der Waals surface area (Å²) in [6.07, 6.45) is 0.896. The third-order valence-corrected chi connectivity index (χ3v) is 4.99. The van der Waals surface area contributed by atoms with Crippen molar-refractivity contribution in [3.05, 3.63) is 65.3 Å². The van der Waals surface area contributed by atoms with Crippen molar-refractivity contribution in [2.24, 2.45) is 0 Å². The van der Waals surface area contributed by atoms with E-state index in [1.54, 1.807) is 4.90 Å². The molecule has 0 saturated heterocycles. The van der Waals surface area contributed by atoms with E-state index in [4.69, 9.17) is 16.6 Å². The van der Waals surface area contributed by atoms with Crippen molar-refractivity contribution in [2.45, 2.75) is 26.3 Å². The molecule has 0 fully saturated rings. The van der Waals surface area contributed by atoms with Gasteiger partial charge in [-0.05, 0) is 30.9 Å². The fourth-order valence-corrected chi connectivity index (χ4v) is 3.05. The van der Waals surface area contributed by atoms with Crippen molar-refractivity contribution in [3.63, 3.8) is 0 Å². The van der Waals surface area contributed by atoms with Gasteiger partial charge in [-0.15, -0.1) is 0 Å². The summed E-state index contributed by atoms with van der Waals surface area (Å²) in [5, 5.41) is 2.59. The zero-order valence-corrected chi connectivity index (χ0v) is 15.4. The van der Waals surface area contributed by atoms with Crippen LogP contribution in [-0.4, -0.2) is 28.9 Å². The highest BCUT2D eigenvalue weighted by molar-refractivity contribution is 6.33. The van der Waals surface area contributed by atoms with Crippen molar-refractivity contribution in [1.82, 2.24) is 9.88 Å². The number of rotatable bonds is 4. The minimum Gasteiger partial charge on any atom is -0.338 e. The number of carbonyl (C=O) groups excluding carboxylic acids is 1. The maximum atomic E-state index is 12.9. The molecular formula is C21H21ClN2O. The summed E-state index contributed by atoms with van der Waals surface area (Å²) >= 11 is 6.39.